The van der Waals surface area contributed by atoms with Crippen molar-refractivity contribution in [2.24, 2.45) is 11.8 Å². The van der Waals surface area contributed by atoms with Gasteiger partial charge in [0.15, 0.2) is 5.78 Å². The molecule has 162 valence electrons. The molecule has 1 N–H and O–H groups in total. The molecule has 3 amide bonds. The average Bonchev–Trinajstić information content (AvgIpc) is 3.47. The molecular formula is C25H23N3O4. The maximum atomic E-state index is 13.9. The average molecular weight is 429 g/mol. The van der Waals surface area contributed by atoms with Crippen molar-refractivity contribution in [2.45, 2.75) is 38.3 Å². The molecule has 7 heteroatoms. The summed E-state index contributed by atoms with van der Waals surface area (Å²) in [6.45, 7) is 4.13. The number of hydrogen-bond donors (Lipinski definition) is 1. The van der Waals surface area contributed by atoms with E-state index in [0.29, 0.717) is 17.8 Å². The van der Waals surface area contributed by atoms with E-state index in [1.807, 2.05) is 25.1 Å². The first-order valence-electron chi connectivity index (χ1n) is 11.0. The third kappa shape index (κ3) is 2.19. The van der Waals surface area contributed by atoms with E-state index in [0.717, 1.165) is 29.7 Å². The van der Waals surface area contributed by atoms with Crippen LogP contribution in [0.15, 0.2) is 42.5 Å². The number of hydrogen-bond acceptors (Lipinski definition) is 5. The molecule has 7 nitrogen and oxygen atoms in total. The van der Waals surface area contributed by atoms with Crippen molar-refractivity contribution in [3.05, 3.63) is 59.2 Å². The van der Waals surface area contributed by atoms with Crippen LogP contribution >= 0.6 is 0 Å². The first kappa shape index (κ1) is 19.4. The van der Waals surface area contributed by atoms with Crippen molar-refractivity contribution in [2.75, 3.05) is 16.8 Å². The third-order valence-corrected chi connectivity index (χ3v) is 7.68. The molecular weight excluding hydrogens is 406 g/mol. The Balaban J connectivity index is 1.51. The Hall–Kier alpha value is -3.32. The molecule has 0 aliphatic carbocycles. The first-order chi connectivity index (χ1) is 15.4. The number of fused-ring (bicyclic) bond motifs is 7. The van der Waals surface area contributed by atoms with E-state index < -0.39 is 17.4 Å². The van der Waals surface area contributed by atoms with Crippen LogP contribution in [-0.4, -0.2) is 41.0 Å². The Kier molecular flexibility index (Phi) is 3.85. The number of carbonyl (C=O) groups is 4. The third-order valence-electron chi connectivity index (χ3n) is 7.68. The van der Waals surface area contributed by atoms with Crippen LogP contribution in [-0.2, 0) is 19.9 Å². The van der Waals surface area contributed by atoms with Gasteiger partial charge in [0.05, 0.1) is 17.5 Å². The van der Waals surface area contributed by atoms with Crippen molar-refractivity contribution in [3.8, 4) is 0 Å². The zero-order chi connectivity index (χ0) is 22.4. The monoisotopic (exact) mass is 429 g/mol. The molecule has 2 aromatic rings. The number of amides is 3. The van der Waals surface area contributed by atoms with Crippen molar-refractivity contribution in [1.82, 2.24) is 4.90 Å². The van der Waals surface area contributed by atoms with Crippen LogP contribution in [0.25, 0.3) is 0 Å². The van der Waals surface area contributed by atoms with E-state index in [-0.39, 0.29) is 29.5 Å². The minimum atomic E-state index is -1.16. The summed E-state index contributed by atoms with van der Waals surface area (Å²) in [5, 5.41) is 2.99. The van der Waals surface area contributed by atoms with E-state index in [1.165, 1.54) is 11.8 Å². The molecule has 4 aliphatic heterocycles. The highest BCUT2D eigenvalue weighted by atomic mass is 16.2. The summed E-state index contributed by atoms with van der Waals surface area (Å²) in [6, 6.07) is 12.2. The lowest BCUT2D eigenvalue weighted by atomic mass is 9.75. The molecule has 0 saturated carbocycles. The van der Waals surface area contributed by atoms with Gasteiger partial charge in [-0.1, -0.05) is 17.7 Å². The van der Waals surface area contributed by atoms with Crippen molar-refractivity contribution < 1.29 is 19.2 Å². The van der Waals surface area contributed by atoms with E-state index in [9.17, 15) is 19.2 Å². The SMILES string of the molecule is CC(=O)c1ccc(N2C(=O)[C@H]3[C@@H](C2=O)[C@]2(C(=O)Nc4ccc(C)cc42)N2CCC[C@@H]32)cc1. The number of aryl methyl sites for hydroxylation is 1. The van der Waals surface area contributed by atoms with Crippen LogP contribution in [0.3, 0.4) is 0 Å². The normalized spacial score (nSPS) is 30.6. The molecule has 4 aliphatic rings. The second-order valence-corrected chi connectivity index (χ2v) is 9.29. The fourth-order valence-corrected chi connectivity index (χ4v) is 6.42. The van der Waals surface area contributed by atoms with Gasteiger partial charge in [-0.2, -0.15) is 0 Å². The largest absolute Gasteiger partial charge is 0.324 e. The fourth-order valence-electron chi connectivity index (χ4n) is 6.42. The molecule has 0 aromatic heterocycles. The van der Waals surface area contributed by atoms with Gasteiger partial charge in [0.25, 0.3) is 0 Å². The zero-order valence-electron chi connectivity index (χ0n) is 17.9. The fraction of sp³-hybridized carbons (Fsp3) is 0.360. The van der Waals surface area contributed by atoms with Gasteiger partial charge in [-0.3, -0.25) is 24.1 Å². The van der Waals surface area contributed by atoms with Crippen molar-refractivity contribution in [1.29, 1.82) is 0 Å². The minimum absolute atomic E-state index is 0.0809. The number of nitrogens with zero attached hydrogens (tertiary/aromatic N) is 2. The molecule has 4 atom stereocenters. The Morgan fingerprint density at radius 1 is 1.06 bits per heavy atom. The standard InChI is InChI=1S/C25H23N3O4/c1-13-5-10-18-17(12-13)25(24(32)26-18)21-20(19-4-3-11-27(19)25)22(30)28(23(21)31)16-8-6-15(7-9-16)14(2)29/h5-10,12,19-21H,3-4,11H2,1-2H3,(H,26,32)/t19-,20+,21-,25+/m0/s1. The Morgan fingerprint density at radius 2 is 1.81 bits per heavy atom. The number of anilines is 2. The van der Waals surface area contributed by atoms with E-state index in [4.69, 9.17) is 0 Å². The van der Waals surface area contributed by atoms with E-state index in [2.05, 4.69) is 10.2 Å². The van der Waals surface area contributed by atoms with Crippen LogP contribution < -0.4 is 10.2 Å². The lowest BCUT2D eigenvalue weighted by molar-refractivity contribution is -0.135. The van der Waals surface area contributed by atoms with Gasteiger partial charge in [0.1, 0.15) is 5.54 Å². The molecule has 0 radical (unpaired) electrons. The number of ketones is 1. The highest BCUT2D eigenvalue weighted by molar-refractivity contribution is 6.26. The smallest absolute Gasteiger partial charge is 0.250 e. The van der Waals surface area contributed by atoms with Gasteiger partial charge in [-0.25, -0.2) is 4.90 Å². The Labute approximate surface area is 185 Å². The summed E-state index contributed by atoms with van der Waals surface area (Å²) in [5.41, 5.74) is 2.34. The first-order valence-corrected chi connectivity index (χ1v) is 11.0. The topological polar surface area (TPSA) is 86.8 Å². The Bertz CT molecular complexity index is 1220. The second kappa shape index (κ2) is 6.36. The van der Waals surface area contributed by atoms with Crippen LogP contribution in [0.2, 0.25) is 0 Å². The number of nitrogens with one attached hydrogen (secondary N) is 1. The molecule has 3 saturated heterocycles. The van der Waals surface area contributed by atoms with Gasteiger partial charge in [-0.05, 0) is 63.6 Å². The predicted molar refractivity (Wildman–Crippen MR) is 117 cm³/mol. The molecule has 1 spiro atoms. The number of Topliss-reactive ketones (excluding diaryl/α,β-unsaturated/α-hetero) is 1. The highest BCUT2D eigenvalue weighted by Gasteiger charge is 2.74. The van der Waals surface area contributed by atoms with Crippen molar-refractivity contribution in [3.63, 3.8) is 0 Å². The molecule has 2 aromatic carbocycles. The van der Waals surface area contributed by atoms with Crippen molar-refractivity contribution >= 4 is 34.9 Å². The predicted octanol–water partition coefficient (Wildman–Crippen LogP) is 2.63. The summed E-state index contributed by atoms with van der Waals surface area (Å²) >= 11 is 0. The molecule has 6 rings (SSSR count). The zero-order valence-corrected chi connectivity index (χ0v) is 17.9. The summed E-state index contributed by atoms with van der Waals surface area (Å²) in [4.78, 5) is 56.1. The van der Waals surface area contributed by atoms with Gasteiger partial charge in [0, 0.05) is 22.9 Å². The summed E-state index contributed by atoms with van der Waals surface area (Å²) < 4.78 is 0. The second-order valence-electron chi connectivity index (χ2n) is 9.29. The quantitative estimate of drug-likeness (QED) is 0.586. The molecule has 32 heavy (non-hydrogen) atoms. The lowest BCUT2D eigenvalue weighted by Gasteiger charge is -2.36. The molecule has 4 heterocycles. The maximum Gasteiger partial charge on any atom is 0.250 e. The van der Waals surface area contributed by atoms with Gasteiger partial charge < -0.3 is 5.32 Å². The van der Waals surface area contributed by atoms with Crippen LogP contribution in [0.5, 0.6) is 0 Å². The van der Waals surface area contributed by atoms with Crippen LogP contribution in [0, 0.1) is 18.8 Å². The number of imide groups is 1. The van der Waals surface area contributed by atoms with E-state index >= 15 is 0 Å². The number of rotatable bonds is 2. The van der Waals surface area contributed by atoms with Gasteiger partial charge in [-0.15, -0.1) is 0 Å². The molecule has 0 unspecified atom stereocenters. The number of carbonyl (C=O) groups excluding carboxylic acids is 4. The minimum Gasteiger partial charge on any atom is -0.324 e. The highest BCUT2D eigenvalue weighted by Crippen LogP contribution is 2.60. The van der Waals surface area contributed by atoms with Crippen LogP contribution in [0.1, 0.15) is 41.3 Å². The summed E-state index contributed by atoms with van der Waals surface area (Å²) in [6.07, 6.45) is 1.67. The van der Waals surface area contributed by atoms with E-state index in [1.54, 1.807) is 24.3 Å². The van der Waals surface area contributed by atoms with Crippen LogP contribution in [0.4, 0.5) is 11.4 Å². The summed E-state index contributed by atoms with van der Waals surface area (Å²) in [5.74, 6) is -2.21. The number of benzene rings is 2. The lowest BCUT2D eigenvalue weighted by Crippen LogP contribution is -2.54. The molecule has 3 fully saturated rings. The Morgan fingerprint density at radius 3 is 2.53 bits per heavy atom. The summed E-state index contributed by atoms with van der Waals surface area (Å²) in [7, 11) is 0. The maximum absolute atomic E-state index is 13.9. The van der Waals surface area contributed by atoms with Gasteiger partial charge in [0.2, 0.25) is 17.7 Å². The molecule has 0 bridgehead atoms. The van der Waals surface area contributed by atoms with Gasteiger partial charge >= 0.3 is 0 Å².